The summed E-state index contributed by atoms with van der Waals surface area (Å²) in [7, 11) is 0. The van der Waals surface area contributed by atoms with E-state index in [2.05, 4.69) is 25.7 Å². The molecule has 0 aliphatic carbocycles. The molecule has 13 heteroatoms. The Morgan fingerprint density at radius 2 is 1.68 bits per heavy atom. The Balaban J connectivity index is 1.79. The van der Waals surface area contributed by atoms with Crippen molar-refractivity contribution in [3.63, 3.8) is 0 Å². The van der Waals surface area contributed by atoms with E-state index >= 15 is 0 Å². The first kappa shape index (κ1) is 31.2. The molecule has 0 unspecified atom stereocenters. The van der Waals surface area contributed by atoms with Gasteiger partial charge in [0.2, 0.25) is 11.8 Å². The number of carbonyl (C=O) groups excluding carboxylic acids is 4. The number of ether oxygens (including phenoxy) is 2. The van der Waals surface area contributed by atoms with Crippen LogP contribution in [0.5, 0.6) is 0 Å². The van der Waals surface area contributed by atoms with Gasteiger partial charge in [0.1, 0.15) is 22.6 Å². The number of amides is 3. The highest BCUT2D eigenvalue weighted by Crippen LogP contribution is 2.29. The van der Waals surface area contributed by atoms with Crippen LogP contribution in [-0.2, 0) is 30.3 Å². The minimum absolute atomic E-state index is 0.0165. The quantitative estimate of drug-likeness (QED) is 0.275. The lowest BCUT2D eigenvalue weighted by Gasteiger charge is -2.26. The first-order valence-electron chi connectivity index (χ1n) is 12.8. The lowest BCUT2D eigenvalue weighted by atomic mass is 9.93. The summed E-state index contributed by atoms with van der Waals surface area (Å²) in [4.78, 5) is 56.8. The van der Waals surface area contributed by atoms with Crippen molar-refractivity contribution in [3.8, 4) is 0 Å². The van der Waals surface area contributed by atoms with Gasteiger partial charge in [0, 0.05) is 6.42 Å². The van der Waals surface area contributed by atoms with Crippen LogP contribution in [-0.4, -0.2) is 72.0 Å². The molecule has 1 aromatic carbocycles. The van der Waals surface area contributed by atoms with Crippen LogP contribution in [0.15, 0.2) is 36.5 Å². The second-order valence-electron chi connectivity index (χ2n) is 10.2. The molecule has 3 rings (SSSR count). The van der Waals surface area contributed by atoms with E-state index in [0.717, 1.165) is 11.3 Å². The molecule has 1 saturated heterocycles. The number of thiazole rings is 1. The SMILES string of the molecule is Cc1ncc(C(=O)N[C@@H](Cc2ccccc2)C(=O)N[C@@H](COC(F)F)C(=O)N[C@@H](CC(C)C)C(=O)[C@]2(C)CO2)s1. The number of carbonyl (C=O) groups is 4. The lowest BCUT2D eigenvalue weighted by molar-refractivity contribution is -0.148. The number of hydrogen-bond acceptors (Lipinski definition) is 8. The number of benzene rings is 1. The van der Waals surface area contributed by atoms with E-state index in [4.69, 9.17) is 4.74 Å². The summed E-state index contributed by atoms with van der Waals surface area (Å²) in [6.07, 6.45) is 1.72. The minimum Gasteiger partial charge on any atom is -0.361 e. The summed E-state index contributed by atoms with van der Waals surface area (Å²) < 4.78 is 35.5. The number of epoxide rings is 1. The molecule has 4 atom stereocenters. The van der Waals surface area contributed by atoms with Crippen molar-refractivity contribution in [1.82, 2.24) is 20.9 Å². The number of Topliss-reactive ketones (excluding diaryl/α,β-unsaturated/α-hetero) is 1. The zero-order valence-electron chi connectivity index (χ0n) is 22.7. The van der Waals surface area contributed by atoms with Crippen LogP contribution in [0.3, 0.4) is 0 Å². The van der Waals surface area contributed by atoms with Gasteiger partial charge in [-0.25, -0.2) is 4.98 Å². The zero-order chi connectivity index (χ0) is 29.4. The molecule has 3 N–H and O–H groups in total. The summed E-state index contributed by atoms with van der Waals surface area (Å²) >= 11 is 1.14. The van der Waals surface area contributed by atoms with Crippen LogP contribution >= 0.6 is 11.3 Å². The van der Waals surface area contributed by atoms with E-state index in [1.165, 1.54) is 6.20 Å². The first-order chi connectivity index (χ1) is 18.9. The van der Waals surface area contributed by atoms with E-state index in [-0.39, 0.29) is 36.0 Å². The Kier molecular flexibility index (Phi) is 10.8. The van der Waals surface area contributed by atoms with Crippen LogP contribution in [0.2, 0.25) is 0 Å². The first-order valence-corrected chi connectivity index (χ1v) is 13.7. The van der Waals surface area contributed by atoms with Gasteiger partial charge < -0.3 is 25.4 Å². The largest absolute Gasteiger partial charge is 0.361 e. The second kappa shape index (κ2) is 13.9. The Hall–Kier alpha value is -3.29. The van der Waals surface area contributed by atoms with Crippen LogP contribution < -0.4 is 16.0 Å². The summed E-state index contributed by atoms with van der Waals surface area (Å²) in [6, 6.07) is 5.15. The fourth-order valence-corrected chi connectivity index (χ4v) is 4.65. The van der Waals surface area contributed by atoms with Gasteiger partial charge in [-0.2, -0.15) is 8.78 Å². The molecule has 10 nitrogen and oxygen atoms in total. The van der Waals surface area contributed by atoms with Crippen molar-refractivity contribution < 1.29 is 37.4 Å². The number of alkyl halides is 2. The highest BCUT2D eigenvalue weighted by molar-refractivity contribution is 7.13. The van der Waals surface area contributed by atoms with Gasteiger partial charge in [0.05, 0.1) is 30.5 Å². The summed E-state index contributed by atoms with van der Waals surface area (Å²) in [6.45, 7) is 3.22. The zero-order valence-corrected chi connectivity index (χ0v) is 23.6. The standard InChI is InChI=1S/C27H34F2N4O6S/c1-15(2)10-18(22(34)27(4)14-39-27)31-24(36)20(13-38-26(28)29)33-23(35)19(11-17-8-6-5-7-9-17)32-25(37)21-12-30-16(3)40-21/h5-9,12,15,18-20,26H,10-11,13-14H2,1-4H3,(H,31,36)(H,32,37)(H,33,35)/t18-,19-,20-,27-/m0/s1. The number of aryl methyl sites for hydroxylation is 1. The Bertz CT molecular complexity index is 1190. The molecule has 1 aromatic heterocycles. The highest BCUT2D eigenvalue weighted by atomic mass is 32.1. The van der Waals surface area contributed by atoms with Crippen LogP contribution in [0.1, 0.15) is 47.4 Å². The average Bonchev–Trinajstić information content (AvgIpc) is 3.50. The average molecular weight is 581 g/mol. The molecule has 3 amide bonds. The Labute approximate surface area is 235 Å². The van der Waals surface area contributed by atoms with Crippen molar-refractivity contribution in [1.29, 1.82) is 0 Å². The number of halogens is 2. The summed E-state index contributed by atoms with van der Waals surface area (Å²) in [5.41, 5.74) is -0.306. The molecule has 0 bridgehead atoms. The normalized spacial score (nSPS) is 18.6. The molecule has 0 radical (unpaired) electrons. The topological polar surface area (TPSA) is 139 Å². The molecule has 2 heterocycles. The fraction of sp³-hybridized carbons (Fsp3) is 0.519. The molecule has 0 spiro atoms. The van der Waals surface area contributed by atoms with E-state index in [1.807, 2.05) is 13.8 Å². The molecule has 1 fully saturated rings. The maximum atomic E-state index is 13.4. The Morgan fingerprint density at radius 3 is 2.23 bits per heavy atom. The smallest absolute Gasteiger partial charge is 0.345 e. The Morgan fingerprint density at radius 1 is 1.05 bits per heavy atom. The van der Waals surface area contributed by atoms with Gasteiger partial charge in [-0.1, -0.05) is 44.2 Å². The third-order valence-corrected chi connectivity index (χ3v) is 7.12. The molecule has 1 aliphatic rings. The number of ketones is 1. The molecule has 0 saturated carbocycles. The maximum Gasteiger partial charge on any atom is 0.345 e. The van der Waals surface area contributed by atoms with Crippen molar-refractivity contribution in [3.05, 3.63) is 52.0 Å². The summed E-state index contributed by atoms with van der Waals surface area (Å²) in [5, 5.41) is 8.31. The maximum absolute atomic E-state index is 13.4. The van der Waals surface area contributed by atoms with Gasteiger partial charge in [0.15, 0.2) is 5.78 Å². The van der Waals surface area contributed by atoms with E-state index in [1.54, 1.807) is 44.2 Å². The van der Waals surface area contributed by atoms with Crippen LogP contribution in [0.4, 0.5) is 8.78 Å². The van der Waals surface area contributed by atoms with Gasteiger partial charge >= 0.3 is 6.61 Å². The van der Waals surface area contributed by atoms with Crippen molar-refractivity contribution >= 4 is 34.8 Å². The van der Waals surface area contributed by atoms with Crippen molar-refractivity contribution in [2.24, 2.45) is 5.92 Å². The fourth-order valence-electron chi connectivity index (χ4n) is 3.97. The molecule has 40 heavy (non-hydrogen) atoms. The predicted octanol–water partition coefficient (Wildman–Crippen LogP) is 2.41. The van der Waals surface area contributed by atoms with E-state index < -0.39 is 54.7 Å². The number of rotatable bonds is 15. The van der Waals surface area contributed by atoms with Gasteiger partial charge in [0.25, 0.3) is 5.91 Å². The van der Waals surface area contributed by atoms with Crippen LogP contribution in [0.25, 0.3) is 0 Å². The number of aromatic nitrogens is 1. The van der Waals surface area contributed by atoms with Crippen LogP contribution in [0, 0.1) is 12.8 Å². The second-order valence-corrected chi connectivity index (χ2v) is 11.4. The van der Waals surface area contributed by atoms with E-state index in [9.17, 15) is 28.0 Å². The predicted molar refractivity (Wildman–Crippen MR) is 143 cm³/mol. The third-order valence-electron chi connectivity index (χ3n) is 6.21. The number of hydrogen-bond donors (Lipinski definition) is 3. The third kappa shape index (κ3) is 9.14. The molecule has 218 valence electrons. The number of nitrogens with zero attached hydrogens (tertiary/aromatic N) is 1. The highest BCUT2D eigenvalue weighted by Gasteiger charge is 2.50. The number of nitrogens with one attached hydrogen (secondary N) is 3. The summed E-state index contributed by atoms with van der Waals surface area (Å²) in [5.74, 6) is -2.54. The minimum atomic E-state index is -3.20. The molecule has 2 aromatic rings. The molecule has 1 aliphatic heterocycles. The lowest BCUT2D eigenvalue weighted by Crippen LogP contribution is -2.58. The van der Waals surface area contributed by atoms with Crippen molar-refractivity contribution in [2.75, 3.05) is 13.2 Å². The van der Waals surface area contributed by atoms with E-state index in [0.29, 0.717) is 10.6 Å². The molecular weight excluding hydrogens is 546 g/mol. The van der Waals surface area contributed by atoms with Gasteiger partial charge in [-0.05, 0) is 31.7 Å². The monoisotopic (exact) mass is 580 g/mol. The van der Waals surface area contributed by atoms with Gasteiger partial charge in [-0.15, -0.1) is 11.3 Å². The molecular formula is C27H34F2N4O6S. The van der Waals surface area contributed by atoms with Crippen molar-refractivity contribution in [2.45, 2.75) is 70.9 Å². The van der Waals surface area contributed by atoms with Gasteiger partial charge in [-0.3, -0.25) is 19.2 Å².